The number of hydrogen-bond acceptors (Lipinski definition) is 4. The molecule has 1 heterocycles. The molecule has 1 unspecified atom stereocenters. The zero-order valence-electron chi connectivity index (χ0n) is 11.4. The van der Waals surface area contributed by atoms with Gasteiger partial charge in [0, 0.05) is 10.7 Å². The number of amides is 1. The standard InChI is InChI=1S/C13H14Cl2N4O2/c1-6-11(13(20)17-16)12(19-18-6)7(2)21-10-4-3-8(14)5-9(10)15/h3-5,7H,16H2,1-2H3,(H,17,20)(H,18,19). The summed E-state index contributed by atoms with van der Waals surface area (Å²) in [6.07, 6.45) is -0.499. The summed E-state index contributed by atoms with van der Waals surface area (Å²) in [6.45, 7) is 3.48. The molecule has 0 radical (unpaired) electrons. The number of benzene rings is 1. The third-order valence-corrected chi connectivity index (χ3v) is 3.45. The van der Waals surface area contributed by atoms with Crippen molar-refractivity contribution in [2.75, 3.05) is 0 Å². The molecule has 1 amide bonds. The second kappa shape index (κ2) is 6.34. The Bertz CT molecular complexity index is 672. The summed E-state index contributed by atoms with van der Waals surface area (Å²) in [4.78, 5) is 11.8. The first-order chi connectivity index (χ1) is 9.93. The molecule has 2 aromatic rings. The Morgan fingerprint density at radius 3 is 2.81 bits per heavy atom. The van der Waals surface area contributed by atoms with Gasteiger partial charge in [-0.3, -0.25) is 15.3 Å². The molecule has 0 spiro atoms. The Morgan fingerprint density at radius 1 is 1.48 bits per heavy atom. The van der Waals surface area contributed by atoms with Crippen LogP contribution < -0.4 is 16.0 Å². The lowest BCUT2D eigenvalue weighted by Gasteiger charge is -2.15. The van der Waals surface area contributed by atoms with Gasteiger partial charge in [-0.05, 0) is 32.0 Å². The predicted molar refractivity (Wildman–Crippen MR) is 80.5 cm³/mol. The molecule has 1 aromatic heterocycles. The number of carbonyl (C=O) groups excluding carboxylic acids is 1. The molecular formula is C13H14Cl2N4O2. The highest BCUT2D eigenvalue weighted by atomic mass is 35.5. The van der Waals surface area contributed by atoms with Crippen LogP contribution in [0.25, 0.3) is 0 Å². The van der Waals surface area contributed by atoms with Crippen LogP contribution in [-0.4, -0.2) is 16.1 Å². The van der Waals surface area contributed by atoms with Gasteiger partial charge >= 0.3 is 0 Å². The zero-order valence-corrected chi connectivity index (χ0v) is 12.9. The Hall–Kier alpha value is -1.76. The van der Waals surface area contributed by atoms with Gasteiger partial charge in [0.2, 0.25) is 0 Å². The number of aromatic amines is 1. The van der Waals surface area contributed by atoms with Gasteiger partial charge in [0.15, 0.2) is 0 Å². The highest BCUT2D eigenvalue weighted by Gasteiger charge is 2.23. The number of aryl methyl sites for hydroxylation is 1. The monoisotopic (exact) mass is 328 g/mol. The molecule has 0 aliphatic rings. The van der Waals surface area contributed by atoms with E-state index in [0.717, 1.165) is 0 Å². The van der Waals surface area contributed by atoms with Gasteiger partial charge in [0.25, 0.3) is 5.91 Å². The van der Waals surface area contributed by atoms with E-state index in [1.165, 1.54) is 0 Å². The number of nitrogens with two attached hydrogens (primary N) is 1. The smallest absolute Gasteiger partial charge is 0.269 e. The van der Waals surface area contributed by atoms with Crippen molar-refractivity contribution in [2.45, 2.75) is 20.0 Å². The lowest BCUT2D eigenvalue weighted by Crippen LogP contribution is -2.31. The van der Waals surface area contributed by atoms with E-state index in [2.05, 4.69) is 15.6 Å². The van der Waals surface area contributed by atoms with Crippen molar-refractivity contribution in [2.24, 2.45) is 5.84 Å². The molecule has 6 nitrogen and oxygen atoms in total. The van der Waals surface area contributed by atoms with Gasteiger partial charge in [-0.2, -0.15) is 5.10 Å². The van der Waals surface area contributed by atoms with Crippen LogP contribution in [0.3, 0.4) is 0 Å². The molecule has 0 aliphatic carbocycles. The van der Waals surface area contributed by atoms with E-state index in [-0.39, 0.29) is 0 Å². The average Bonchev–Trinajstić information content (AvgIpc) is 2.83. The van der Waals surface area contributed by atoms with E-state index >= 15 is 0 Å². The van der Waals surface area contributed by atoms with Crippen molar-refractivity contribution in [3.63, 3.8) is 0 Å². The predicted octanol–water partition coefficient (Wildman–Crippen LogP) is 2.77. The number of hydrogen-bond donors (Lipinski definition) is 3. The maximum absolute atomic E-state index is 11.8. The number of ether oxygens (including phenoxy) is 1. The molecule has 0 bridgehead atoms. The molecule has 1 aromatic carbocycles. The highest BCUT2D eigenvalue weighted by Crippen LogP contribution is 2.31. The molecule has 0 saturated heterocycles. The minimum Gasteiger partial charge on any atom is -0.483 e. The maximum atomic E-state index is 11.8. The zero-order chi connectivity index (χ0) is 15.6. The number of nitrogens with zero attached hydrogens (tertiary/aromatic N) is 1. The van der Waals surface area contributed by atoms with Gasteiger partial charge in [0.05, 0.1) is 10.6 Å². The fourth-order valence-electron chi connectivity index (χ4n) is 1.92. The first kappa shape index (κ1) is 15.6. The largest absolute Gasteiger partial charge is 0.483 e. The molecule has 21 heavy (non-hydrogen) atoms. The van der Waals surface area contributed by atoms with Crippen LogP contribution in [0.1, 0.15) is 34.8 Å². The van der Waals surface area contributed by atoms with Crippen LogP contribution >= 0.6 is 23.2 Å². The third kappa shape index (κ3) is 3.29. The van der Waals surface area contributed by atoms with Gasteiger partial charge < -0.3 is 4.74 Å². The molecule has 112 valence electrons. The molecule has 2 rings (SSSR count). The fraction of sp³-hybridized carbons (Fsp3) is 0.231. The minimum absolute atomic E-state index is 0.357. The Kier molecular flexibility index (Phi) is 4.72. The van der Waals surface area contributed by atoms with Crippen molar-refractivity contribution in [3.05, 3.63) is 45.2 Å². The van der Waals surface area contributed by atoms with E-state index in [1.54, 1.807) is 32.0 Å². The number of rotatable bonds is 4. The number of nitrogens with one attached hydrogen (secondary N) is 2. The van der Waals surface area contributed by atoms with E-state index in [9.17, 15) is 4.79 Å². The summed E-state index contributed by atoms with van der Waals surface area (Å²) in [5.74, 6) is 5.19. The number of halogens is 2. The maximum Gasteiger partial charge on any atom is 0.269 e. The lowest BCUT2D eigenvalue weighted by molar-refractivity contribution is 0.0948. The summed E-state index contributed by atoms with van der Waals surface area (Å²) in [5, 5.41) is 7.73. The van der Waals surface area contributed by atoms with Crippen molar-refractivity contribution in [1.82, 2.24) is 15.6 Å². The number of H-pyrrole nitrogens is 1. The Balaban J connectivity index is 2.28. The van der Waals surface area contributed by atoms with Crippen LogP contribution in [0.15, 0.2) is 18.2 Å². The Labute approximate surface area is 131 Å². The lowest BCUT2D eigenvalue weighted by atomic mass is 10.1. The van der Waals surface area contributed by atoms with Crippen molar-refractivity contribution >= 4 is 29.1 Å². The first-order valence-electron chi connectivity index (χ1n) is 6.11. The number of carbonyl (C=O) groups is 1. The van der Waals surface area contributed by atoms with Crippen LogP contribution in [-0.2, 0) is 0 Å². The summed E-state index contributed by atoms with van der Waals surface area (Å²) in [6, 6.07) is 4.90. The number of hydrazine groups is 1. The second-order valence-electron chi connectivity index (χ2n) is 4.42. The van der Waals surface area contributed by atoms with E-state index < -0.39 is 12.0 Å². The van der Waals surface area contributed by atoms with Crippen molar-refractivity contribution < 1.29 is 9.53 Å². The second-order valence-corrected chi connectivity index (χ2v) is 5.26. The number of aromatic nitrogens is 2. The average molecular weight is 329 g/mol. The molecule has 0 aliphatic heterocycles. The van der Waals surface area contributed by atoms with Crippen LogP contribution in [0.4, 0.5) is 0 Å². The van der Waals surface area contributed by atoms with E-state index in [1.807, 2.05) is 0 Å². The summed E-state index contributed by atoms with van der Waals surface area (Å²) >= 11 is 11.9. The Morgan fingerprint density at radius 2 is 2.19 bits per heavy atom. The van der Waals surface area contributed by atoms with Gasteiger partial charge in [-0.25, -0.2) is 5.84 Å². The van der Waals surface area contributed by atoms with Crippen molar-refractivity contribution in [3.8, 4) is 5.75 Å². The van der Waals surface area contributed by atoms with Crippen LogP contribution in [0.2, 0.25) is 10.0 Å². The normalized spacial score (nSPS) is 12.0. The van der Waals surface area contributed by atoms with Crippen LogP contribution in [0, 0.1) is 6.92 Å². The SMILES string of the molecule is Cc1[nH]nc(C(C)Oc2ccc(Cl)cc2Cl)c1C(=O)NN. The van der Waals surface area contributed by atoms with Gasteiger partial charge in [-0.15, -0.1) is 0 Å². The van der Waals surface area contributed by atoms with Gasteiger partial charge in [-0.1, -0.05) is 23.2 Å². The summed E-state index contributed by atoms with van der Waals surface area (Å²) in [7, 11) is 0. The molecule has 0 fully saturated rings. The number of nitrogen functional groups attached to an aromatic ring is 1. The topological polar surface area (TPSA) is 93.0 Å². The van der Waals surface area contributed by atoms with Gasteiger partial charge in [0.1, 0.15) is 17.5 Å². The highest BCUT2D eigenvalue weighted by molar-refractivity contribution is 6.35. The molecule has 1 atom stereocenters. The summed E-state index contributed by atoms with van der Waals surface area (Å²) < 4.78 is 5.74. The molecule has 4 N–H and O–H groups in total. The summed E-state index contributed by atoms with van der Waals surface area (Å²) in [5.41, 5.74) is 3.49. The quantitative estimate of drug-likeness (QED) is 0.457. The molecular weight excluding hydrogens is 315 g/mol. The minimum atomic E-state index is -0.499. The van der Waals surface area contributed by atoms with Crippen molar-refractivity contribution in [1.29, 1.82) is 0 Å². The fourth-order valence-corrected chi connectivity index (χ4v) is 2.37. The molecule has 0 saturated carbocycles. The third-order valence-electron chi connectivity index (χ3n) is 2.92. The van der Waals surface area contributed by atoms with E-state index in [4.69, 9.17) is 33.8 Å². The van der Waals surface area contributed by atoms with E-state index in [0.29, 0.717) is 32.7 Å². The molecule has 8 heteroatoms. The first-order valence-corrected chi connectivity index (χ1v) is 6.87. The van der Waals surface area contributed by atoms with Crippen LogP contribution in [0.5, 0.6) is 5.75 Å².